The van der Waals surface area contributed by atoms with Gasteiger partial charge in [0, 0.05) is 13.1 Å². The molecule has 4 amide bonds. The van der Waals surface area contributed by atoms with Gasteiger partial charge in [-0.15, -0.1) is 0 Å². The van der Waals surface area contributed by atoms with Gasteiger partial charge in [0.2, 0.25) is 5.91 Å². The maximum Gasteiger partial charge on any atom is 0.324 e. The van der Waals surface area contributed by atoms with Crippen LogP contribution in [0.1, 0.15) is 6.92 Å². The standard InChI is InChI=1S/C15H17N3O4/c1-10(22-12-5-3-2-4-6-12)14(20)17-8-11(9-17)18-13(19)7-16-15(18)21/h2-6,10-11H,7-9H2,1H3,(H,16,21). The zero-order chi connectivity index (χ0) is 15.7. The number of para-hydroxylation sites is 1. The first-order valence-corrected chi connectivity index (χ1v) is 7.16. The van der Waals surface area contributed by atoms with Crippen LogP contribution < -0.4 is 10.1 Å². The molecule has 1 aromatic carbocycles. The highest BCUT2D eigenvalue weighted by molar-refractivity contribution is 6.02. The Bertz CT molecular complexity index is 582. The molecule has 1 atom stereocenters. The highest BCUT2D eigenvalue weighted by atomic mass is 16.5. The summed E-state index contributed by atoms with van der Waals surface area (Å²) in [7, 11) is 0. The zero-order valence-corrected chi connectivity index (χ0v) is 12.2. The quantitative estimate of drug-likeness (QED) is 0.807. The van der Waals surface area contributed by atoms with E-state index in [1.54, 1.807) is 24.0 Å². The third-order valence-electron chi connectivity index (χ3n) is 3.82. The van der Waals surface area contributed by atoms with Gasteiger partial charge in [-0.3, -0.25) is 14.5 Å². The minimum Gasteiger partial charge on any atom is -0.481 e. The van der Waals surface area contributed by atoms with E-state index in [-0.39, 0.29) is 30.4 Å². The molecule has 0 radical (unpaired) electrons. The normalized spacial score (nSPS) is 19.7. The van der Waals surface area contributed by atoms with E-state index >= 15 is 0 Å². The Hall–Kier alpha value is -2.57. The van der Waals surface area contributed by atoms with Crippen molar-refractivity contribution in [1.82, 2.24) is 15.1 Å². The van der Waals surface area contributed by atoms with Crippen molar-refractivity contribution in [3.63, 3.8) is 0 Å². The van der Waals surface area contributed by atoms with E-state index in [1.807, 2.05) is 18.2 Å². The van der Waals surface area contributed by atoms with Crippen LogP contribution in [0, 0.1) is 0 Å². The number of imide groups is 1. The number of hydrogen-bond acceptors (Lipinski definition) is 4. The lowest BCUT2D eigenvalue weighted by Gasteiger charge is -2.43. The summed E-state index contributed by atoms with van der Waals surface area (Å²) >= 11 is 0. The van der Waals surface area contributed by atoms with Crippen LogP contribution >= 0.6 is 0 Å². The number of amides is 4. The van der Waals surface area contributed by atoms with Crippen molar-refractivity contribution < 1.29 is 19.1 Å². The van der Waals surface area contributed by atoms with Crippen LogP contribution in [0.5, 0.6) is 5.75 Å². The summed E-state index contributed by atoms with van der Waals surface area (Å²) in [4.78, 5) is 38.2. The first-order valence-electron chi connectivity index (χ1n) is 7.16. The van der Waals surface area contributed by atoms with Crippen molar-refractivity contribution in [1.29, 1.82) is 0 Å². The number of likely N-dealkylation sites (tertiary alicyclic amines) is 1. The lowest BCUT2D eigenvalue weighted by Crippen LogP contribution is -2.64. The van der Waals surface area contributed by atoms with Crippen LogP contribution in [-0.2, 0) is 9.59 Å². The van der Waals surface area contributed by atoms with E-state index in [0.717, 1.165) is 0 Å². The fourth-order valence-corrected chi connectivity index (χ4v) is 2.61. The lowest BCUT2D eigenvalue weighted by molar-refractivity contribution is -0.147. The molecule has 2 saturated heterocycles. The number of nitrogens with one attached hydrogen (secondary N) is 1. The maximum atomic E-state index is 12.3. The van der Waals surface area contributed by atoms with Gasteiger partial charge in [-0.2, -0.15) is 0 Å². The van der Waals surface area contributed by atoms with E-state index in [0.29, 0.717) is 18.8 Å². The van der Waals surface area contributed by atoms with Gasteiger partial charge in [-0.25, -0.2) is 4.79 Å². The predicted octanol–water partition coefficient (Wildman–Crippen LogP) is 0.217. The Kier molecular flexibility index (Phi) is 3.70. The van der Waals surface area contributed by atoms with Crippen LogP contribution in [0.15, 0.2) is 30.3 Å². The van der Waals surface area contributed by atoms with Crippen LogP contribution in [-0.4, -0.2) is 59.4 Å². The molecule has 1 unspecified atom stereocenters. The van der Waals surface area contributed by atoms with E-state index in [4.69, 9.17) is 4.74 Å². The number of carbonyl (C=O) groups is 3. The average Bonchev–Trinajstić information content (AvgIpc) is 2.79. The third-order valence-corrected chi connectivity index (χ3v) is 3.82. The van der Waals surface area contributed by atoms with E-state index in [2.05, 4.69) is 5.32 Å². The summed E-state index contributed by atoms with van der Waals surface area (Å²) < 4.78 is 5.58. The van der Waals surface area contributed by atoms with Gasteiger partial charge in [-0.1, -0.05) is 18.2 Å². The van der Waals surface area contributed by atoms with Gasteiger partial charge < -0.3 is 15.0 Å². The van der Waals surface area contributed by atoms with Gasteiger partial charge in [0.1, 0.15) is 5.75 Å². The van der Waals surface area contributed by atoms with Crippen LogP contribution in [0.3, 0.4) is 0 Å². The van der Waals surface area contributed by atoms with Gasteiger partial charge in [0.25, 0.3) is 5.91 Å². The van der Waals surface area contributed by atoms with E-state index < -0.39 is 6.10 Å². The monoisotopic (exact) mass is 303 g/mol. The maximum absolute atomic E-state index is 12.3. The van der Waals surface area contributed by atoms with Gasteiger partial charge in [0.15, 0.2) is 6.10 Å². The van der Waals surface area contributed by atoms with Crippen molar-refractivity contribution in [2.24, 2.45) is 0 Å². The highest BCUT2D eigenvalue weighted by Crippen LogP contribution is 2.20. The number of carbonyl (C=O) groups excluding carboxylic acids is 3. The van der Waals surface area contributed by atoms with Crippen molar-refractivity contribution in [2.45, 2.75) is 19.1 Å². The van der Waals surface area contributed by atoms with Crippen LogP contribution in [0.4, 0.5) is 4.79 Å². The molecule has 0 bridgehead atoms. The van der Waals surface area contributed by atoms with E-state index in [1.165, 1.54) is 4.90 Å². The van der Waals surface area contributed by atoms with Crippen molar-refractivity contribution in [3.05, 3.63) is 30.3 Å². The first-order chi connectivity index (χ1) is 10.6. The predicted molar refractivity (Wildman–Crippen MR) is 77.1 cm³/mol. The highest BCUT2D eigenvalue weighted by Gasteiger charge is 2.43. The Morgan fingerprint density at radius 2 is 1.95 bits per heavy atom. The van der Waals surface area contributed by atoms with Crippen LogP contribution in [0.25, 0.3) is 0 Å². The molecule has 3 rings (SSSR count). The van der Waals surface area contributed by atoms with Crippen molar-refractivity contribution >= 4 is 17.8 Å². The molecular weight excluding hydrogens is 286 g/mol. The molecule has 2 aliphatic rings. The SMILES string of the molecule is CC(Oc1ccccc1)C(=O)N1CC(N2C(=O)CNC2=O)C1. The average molecular weight is 303 g/mol. The number of nitrogens with zero attached hydrogens (tertiary/aromatic N) is 2. The minimum atomic E-state index is -0.605. The van der Waals surface area contributed by atoms with Crippen molar-refractivity contribution in [3.8, 4) is 5.75 Å². The molecule has 1 N–H and O–H groups in total. The zero-order valence-electron chi connectivity index (χ0n) is 12.2. The fraction of sp³-hybridized carbons (Fsp3) is 0.400. The molecular formula is C15H17N3O4. The Morgan fingerprint density at radius 1 is 1.27 bits per heavy atom. The molecule has 7 heteroatoms. The Labute approximate surface area is 127 Å². The summed E-state index contributed by atoms with van der Waals surface area (Å²) in [6, 6.07) is 8.51. The van der Waals surface area contributed by atoms with Gasteiger partial charge >= 0.3 is 6.03 Å². The largest absolute Gasteiger partial charge is 0.481 e. The minimum absolute atomic E-state index is 0.0385. The summed E-state index contributed by atoms with van der Waals surface area (Å²) in [6.45, 7) is 2.45. The summed E-state index contributed by atoms with van der Waals surface area (Å²) in [5.74, 6) is 0.248. The number of hydrogen-bond donors (Lipinski definition) is 1. The number of rotatable bonds is 4. The molecule has 0 spiro atoms. The molecule has 116 valence electrons. The Morgan fingerprint density at radius 3 is 2.55 bits per heavy atom. The molecule has 2 aliphatic heterocycles. The number of benzene rings is 1. The number of ether oxygens (including phenoxy) is 1. The molecule has 2 fully saturated rings. The molecule has 0 saturated carbocycles. The smallest absolute Gasteiger partial charge is 0.324 e. The lowest BCUT2D eigenvalue weighted by atomic mass is 10.1. The second-order valence-electron chi connectivity index (χ2n) is 5.39. The third kappa shape index (κ3) is 2.61. The summed E-state index contributed by atoms with van der Waals surface area (Å²) in [5, 5.41) is 2.48. The molecule has 22 heavy (non-hydrogen) atoms. The second kappa shape index (κ2) is 5.67. The van der Waals surface area contributed by atoms with Crippen LogP contribution in [0.2, 0.25) is 0 Å². The molecule has 2 heterocycles. The molecule has 1 aromatic rings. The first kappa shape index (κ1) is 14.4. The fourth-order valence-electron chi connectivity index (χ4n) is 2.61. The summed E-state index contributed by atoms with van der Waals surface area (Å²) in [6.07, 6.45) is -0.605. The molecule has 0 aromatic heterocycles. The van der Waals surface area contributed by atoms with Gasteiger partial charge in [-0.05, 0) is 19.1 Å². The topological polar surface area (TPSA) is 79.0 Å². The van der Waals surface area contributed by atoms with Gasteiger partial charge in [0.05, 0.1) is 12.6 Å². The summed E-state index contributed by atoms with van der Waals surface area (Å²) in [5.41, 5.74) is 0. The second-order valence-corrected chi connectivity index (χ2v) is 5.39. The molecule has 0 aliphatic carbocycles. The van der Waals surface area contributed by atoms with Crippen molar-refractivity contribution in [2.75, 3.05) is 19.6 Å². The molecule has 7 nitrogen and oxygen atoms in total. The number of urea groups is 1. The van der Waals surface area contributed by atoms with E-state index in [9.17, 15) is 14.4 Å². The Balaban J connectivity index is 1.53.